The van der Waals surface area contributed by atoms with Crippen molar-refractivity contribution >= 4 is 8.32 Å². The molecule has 0 fully saturated rings. The minimum atomic E-state index is -1.38. The smallest absolute Gasteiger partial charge is 0.192 e. The van der Waals surface area contributed by atoms with E-state index in [1.54, 1.807) is 0 Å². The third-order valence-corrected chi connectivity index (χ3v) is 11.8. The normalized spacial score (nSPS) is 12.0. The van der Waals surface area contributed by atoms with Crippen LogP contribution in [0, 0.1) is 0 Å². The van der Waals surface area contributed by atoms with Crippen molar-refractivity contribution in [2.24, 2.45) is 0 Å². The first-order valence-corrected chi connectivity index (χ1v) is 16.3. The molecule has 0 aromatic rings. The van der Waals surface area contributed by atoms with E-state index in [4.69, 9.17) is 4.43 Å². The molecule has 0 saturated heterocycles. The molecule has 0 aromatic heterocycles. The standard InChI is InChI=1S/C27H58OSi/c1-5-8-9-10-11-12-13-14-15-16-17-18-19-20-21-22-23-24-27-29(28-4,25-6-2)26-7-3/h5-27H2,1-4H3. The maximum atomic E-state index is 6.09. The van der Waals surface area contributed by atoms with Crippen molar-refractivity contribution in [1.29, 1.82) is 0 Å². The number of rotatable bonds is 24. The first-order valence-electron chi connectivity index (χ1n) is 13.8. The molecule has 0 N–H and O–H groups in total. The lowest BCUT2D eigenvalue weighted by atomic mass is 10.0. The van der Waals surface area contributed by atoms with E-state index in [9.17, 15) is 0 Å². The van der Waals surface area contributed by atoms with E-state index < -0.39 is 8.32 Å². The molecule has 0 aromatic carbocycles. The molecule has 0 heterocycles. The summed E-state index contributed by atoms with van der Waals surface area (Å²) in [6.07, 6.45) is 28.9. The predicted molar refractivity (Wildman–Crippen MR) is 137 cm³/mol. The Bertz CT molecular complexity index is 299. The maximum Gasteiger partial charge on any atom is 0.192 e. The van der Waals surface area contributed by atoms with Gasteiger partial charge in [-0.3, -0.25) is 0 Å². The molecule has 0 rings (SSSR count). The van der Waals surface area contributed by atoms with Crippen LogP contribution in [-0.4, -0.2) is 15.4 Å². The molecule has 0 radical (unpaired) electrons. The summed E-state index contributed by atoms with van der Waals surface area (Å²) in [6, 6.07) is 4.15. The molecule has 0 aliphatic rings. The fourth-order valence-corrected chi connectivity index (χ4v) is 9.02. The molecule has 0 aliphatic heterocycles. The Hall–Kier alpha value is 0.177. The van der Waals surface area contributed by atoms with Gasteiger partial charge in [-0.2, -0.15) is 0 Å². The highest BCUT2D eigenvalue weighted by Gasteiger charge is 2.30. The topological polar surface area (TPSA) is 9.23 Å². The zero-order chi connectivity index (χ0) is 21.5. The molecule has 2 heteroatoms. The lowest BCUT2D eigenvalue weighted by molar-refractivity contribution is 0.384. The van der Waals surface area contributed by atoms with Crippen molar-refractivity contribution in [2.75, 3.05) is 7.11 Å². The van der Waals surface area contributed by atoms with Gasteiger partial charge in [-0.05, 0) is 18.1 Å². The summed E-state index contributed by atoms with van der Waals surface area (Å²) >= 11 is 0. The number of unbranched alkanes of at least 4 members (excludes halogenated alkanes) is 17. The van der Waals surface area contributed by atoms with Crippen molar-refractivity contribution in [3.63, 3.8) is 0 Å². The Morgan fingerprint density at radius 2 is 0.690 bits per heavy atom. The van der Waals surface area contributed by atoms with E-state index in [-0.39, 0.29) is 0 Å². The van der Waals surface area contributed by atoms with Crippen molar-refractivity contribution in [3.05, 3.63) is 0 Å². The van der Waals surface area contributed by atoms with Crippen LogP contribution in [0.5, 0.6) is 0 Å². The summed E-state index contributed by atoms with van der Waals surface area (Å²) < 4.78 is 6.09. The lowest BCUT2D eigenvalue weighted by Gasteiger charge is -2.29. The highest BCUT2D eigenvalue weighted by Crippen LogP contribution is 2.28. The van der Waals surface area contributed by atoms with Crippen molar-refractivity contribution in [3.8, 4) is 0 Å². The highest BCUT2D eigenvalue weighted by atomic mass is 28.4. The van der Waals surface area contributed by atoms with Crippen LogP contribution < -0.4 is 0 Å². The summed E-state index contributed by atoms with van der Waals surface area (Å²) in [4.78, 5) is 0. The number of hydrogen-bond acceptors (Lipinski definition) is 1. The SMILES string of the molecule is CCCCCCCCCCCCCCCCCCCC[Si](CCC)(CCC)OC. The van der Waals surface area contributed by atoms with Crippen LogP contribution in [0.3, 0.4) is 0 Å². The van der Waals surface area contributed by atoms with Gasteiger partial charge in [-0.1, -0.05) is 149 Å². The van der Waals surface area contributed by atoms with Crippen LogP contribution in [0.4, 0.5) is 0 Å². The fourth-order valence-electron chi connectivity index (χ4n) is 4.94. The molecular weight excluding hydrogens is 368 g/mol. The largest absolute Gasteiger partial charge is 0.420 e. The zero-order valence-corrected chi connectivity index (χ0v) is 22.2. The second-order valence-corrected chi connectivity index (χ2v) is 13.9. The van der Waals surface area contributed by atoms with Gasteiger partial charge in [-0.25, -0.2) is 0 Å². The van der Waals surface area contributed by atoms with Crippen LogP contribution >= 0.6 is 0 Å². The van der Waals surface area contributed by atoms with E-state index in [1.807, 2.05) is 7.11 Å². The van der Waals surface area contributed by atoms with Crippen LogP contribution in [-0.2, 0) is 4.43 Å². The zero-order valence-electron chi connectivity index (χ0n) is 21.2. The molecule has 0 unspecified atom stereocenters. The number of hydrogen-bond donors (Lipinski definition) is 0. The first kappa shape index (κ1) is 29.2. The van der Waals surface area contributed by atoms with Crippen molar-refractivity contribution < 1.29 is 4.43 Å². The first-order chi connectivity index (χ1) is 14.2. The maximum absolute atomic E-state index is 6.09. The second kappa shape index (κ2) is 22.9. The van der Waals surface area contributed by atoms with Gasteiger partial charge >= 0.3 is 0 Å². The molecule has 0 bridgehead atoms. The molecule has 0 saturated carbocycles. The van der Waals surface area contributed by atoms with Gasteiger partial charge in [0.1, 0.15) is 0 Å². The summed E-state index contributed by atoms with van der Waals surface area (Å²) in [5, 5.41) is 0. The molecule has 176 valence electrons. The Kier molecular flexibility index (Phi) is 23.0. The molecule has 0 aliphatic carbocycles. The average Bonchev–Trinajstić information content (AvgIpc) is 2.73. The minimum Gasteiger partial charge on any atom is -0.420 e. The molecule has 29 heavy (non-hydrogen) atoms. The van der Waals surface area contributed by atoms with Crippen LogP contribution in [0.1, 0.15) is 149 Å². The van der Waals surface area contributed by atoms with Gasteiger partial charge in [0, 0.05) is 7.11 Å². The Labute approximate surface area is 187 Å². The van der Waals surface area contributed by atoms with Crippen LogP contribution in [0.2, 0.25) is 18.1 Å². The van der Waals surface area contributed by atoms with Crippen molar-refractivity contribution in [1.82, 2.24) is 0 Å². The Morgan fingerprint density at radius 3 is 0.966 bits per heavy atom. The molecular formula is C27H58OSi. The molecule has 0 atom stereocenters. The van der Waals surface area contributed by atoms with Gasteiger partial charge in [0.05, 0.1) is 0 Å². The second-order valence-electron chi connectivity index (χ2n) is 9.65. The van der Waals surface area contributed by atoms with E-state index in [1.165, 1.54) is 147 Å². The summed E-state index contributed by atoms with van der Waals surface area (Å²) in [5.41, 5.74) is 0. The minimum absolute atomic E-state index is 1.30. The lowest BCUT2D eigenvalue weighted by Crippen LogP contribution is -2.36. The van der Waals surface area contributed by atoms with Gasteiger partial charge in [-0.15, -0.1) is 0 Å². The fraction of sp³-hybridized carbons (Fsp3) is 1.00. The van der Waals surface area contributed by atoms with Crippen LogP contribution in [0.25, 0.3) is 0 Å². The van der Waals surface area contributed by atoms with E-state index in [0.717, 1.165) is 0 Å². The molecule has 1 nitrogen and oxygen atoms in total. The van der Waals surface area contributed by atoms with Crippen molar-refractivity contribution in [2.45, 2.75) is 167 Å². The third kappa shape index (κ3) is 18.6. The molecule has 0 amide bonds. The van der Waals surface area contributed by atoms with E-state index >= 15 is 0 Å². The monoisotopic (exact) mass is 426 g/mol. The van der Waals surface area contributed by atoms with Gasteiger partial charge in [0.15, 0.2) is 8.32 Å². The van der Waals surface area contributed by atoms with Gasteiger partial charge < -0.3 is 4.43 Å². The van der Waals surface area contributed by atoms with Gasteiger partial charge in [0.2, 0.25) is 0 Å². The highest BCUT2D eigenvalue weighted by molar-refractivity contribution is 6.73. The summed E-state index contributed by atoms with van der Waals surface area (Å²) in [5.74, 6) is 0. The average molecular weight is 427 g/mol. The quantitative estimate of drug-likeness (QED) is 0.110. The predicted octanol–water partition coefficient (Wildman–Crippen LogP) is 10.4. The Balaban J connectivity index is 3.33. The summed E-state index contributed by atoms with van der Waals surface area (Å²) in [6.45, 7) is 6.95. The van der Waals surface area contributed by atoms with Crippen LogP contribution in [0.15, 0.2) is 0 Å². The van der Waals surface area contributed by atoms with E-state index in [0.29, 0.717) is 0 Å². The Morgan fingerprint density at radius 1 is 0.379 bits per heavy atom. The third-order valence-electron chi connectivity index (χ3n) is 6.83. The van der Waals surface area contributed by atoms with E-state index in [2.05, 4.69) is 20.8 Å². The summed E-state index contributed by atoms with van der Waals surface area (Å²) in [7, 11) is 0.612. The van der Waals surface area contributed by atoms with Gasteiger partial charge in [0.25, 0.3) is 0 Å². The molecule has 0 spiro atoms.